The number of aliphatic carboxylic acids is 1. The minimum atomic E-state index is -1.10. The monoisotopic (exact) mass is 211 g/mol. The first-order valence-electron chi connectivity index (χ1n) is 4.19. The molecular weight excluding hydrogens is 200 g/mol. The van der Waals surface area contributed by atoms with Gasteiger partial charge in [0.2, 0.25) is 0 Å². The lowest BCUT2D eigenvalue weighted by Gasteiger charge is -2.10. The van der Waals surface area contributed by atoms with Gasteiger partial charge in [-0.1, -0.05) is 11.8 Å². The van der Waals surface area contributed by atoms with Crippen LogP contribution in [0.3, 0.4) is 0 Å². The Bertz CT molecular complexity index is 334. The fraction of sp³-hybridized carbons (Fsp3) is 0.444. The topological polar surface area (TPSA) is 65.9 Å². The van der Waals surface area contributed by atoms with Crippen LogP contribution in [0.1, 0.15) is 18.3 Å². The molecule has 0 N–H and O–H groups in total. The number of carboxylic acids is 1. The molecule has 0 spiro atoms. The molecule has 5 heteroatoms. The van der Waals surface area contributed by atoms with E-state index in [1.165, 1.54) is 0 Å². The molecule has 76 valence electrons. The van der Waals surface area contributed by atoms with Crippen LogP contribution in [-0.2, 0) is 4.79 Å². The molecule has 0 saturated carbocycles. The van der Waals surface area contributed by atoms with Crippen molar-refractivity contribution < 1.29 is 9.90 Å². The number of aryl methyl sites for hydroxylation is 2. The lowest BCUT2D eigenvalue weighted by molar-refractivity contribution is -0.304. The molecule has 0 bridgehead atoms. The summed E-state index contributed by atoms with van der Waals surface area (Å²) in [6.07, 6.45) is 0. The summed E-state index contributed by atoms with van der Waals surface area (Å²) in [5.74, 6) is -1.10. The molecule has 0 amide bonds. The molecule has 0 aliphatic rings. The van der Waals surface area contributed by atoms with Gasteiger partial charge in [-0.3, -0.25) is 0 Å². The standard InChI is InChI=1S/C9H12N2O2S/c1-5-4-6(2)11-9(10-5)14-7(3)8(12)13/h4,7H,1-3H3,(H,12,13)/p-1/t7-/m1/s1. The van der Waals surface area contributed by atoms with Gasteiger partial charge >= 0.3 is 0 Å². The van der Waals surface area contributed by atoms with Crippen LogP contribution >= 0.6 is 11.8 Å². The SMILES string of the molecule is Cc1cc(C)nc(S[C@H](C)C(=O)[O-])n1. The van der Waals surface area contributed by atoms with E-state index in [-0.39, 0.29) is 0 Å². The number of hydrogen-bond donors (Lipinski definition) is 0. The number of nitrogens with zero attached hydrogens (tertiary/aromatic N) is 2. The summed E-state index contributed by atoms with van der Waals surface area (Å²) in [6, 6.07) is 1.84. The normalized spacial score (nSPS) is 12.5. The molecule has 0 radical (unpaired) electrons. The van der Waals surface area contributed by atoms with Gasteiger partial charge in [-0.05, 0) is 26.8 Å². The zero-order valence-corrected chi connectivity index (χ0v) is 9.09. The third kappa shape index (κ3) is 2.99. The largest absolute Gasteiger partial charge is 0.549 e. The van der Waals surface area contributed by atoms with Gasteiger partial charge in [-0.2, -0.15) is 0 Å². The van der Waals surface area contributed by atoms with Crippen LogP contribution in [0.25, 0.3) is 0 Å². The molecular formula is C9H11N2O2S-. The first kappa shape index (κ1) is 11.0. The first-order valence-corrected chi connectivity index (χ1v) is 5.07. The van der Waals surface area contributed by atoms with Crippen molar-refractivity contribution in [1.82, 2.24) is 9.97 Å². The number of aromatic nitrogens is 2. The lowest BCUT2D eigenvalue weighted by atomic mass is 10.4. The van der Waals surface area contributed by atoms with E-state index in [4.69, 9.17) is 0 Å². The van der Waals surface area contributed by atoms with Gasteiger partial charge in [0.05, 0.1) is 5.97 Å². The number of carbonyl (C=O) groups excluding carboxylic acids is 1. The summed E-state index contributed by atoms with van der Waals surface area (Å²) in [5, 5.41) is 10.3. The molecule has 0 unspecified atom stereocenters. The number of carboxylic acid groups (broad SMARTS) is 1. The van der Waals surface area contributed by atoms with E-state index in [2.05, 4.69) is 9.97 Å². The van der Waals surface area contributed by atoms with Gasteiger partial charge in [0.25, 0.3) is 0 Å². The number of thioether (sulfide) groups is 1. The van der Waals surface area contributed by atoms with Crippen LogP contribution in [0.4, 0.5) is 0 Å². The molecule has 0 fully saturated rings. The van der Waals surface area contributed by atoms with Gasteiger partial charge in [-0.15, -0.1) is 0 Å². The summed E-state index contributed by atoms with van der Waals surface area (Å²) >= 11 is 1.10. The van der Waals surface area contributed by atoms with Crippen LogP contribution in [-0.4, -0.2) is 21.2 Å². The molecule has 0 aliphatic carbocycles. The molecule has 1 rings (SSSR count). The molecule has 0 aromatic carbocycles. The Morgan fingerprint density at radius 1 is 1.43 bits per heavy atom. The summed E-state index contributed by atoms with van der Waals surface area (Å²) < 4.78 is 0. The van der Waals surface area contributed by atoms with Crippen molar-refractivity contribution in [3.8, 4) is 0 Å². The minimum Gasteiger partial charge on any atom is -0.549 e. The maximum Gasteiger partial charge on any atom is 0.188 e. The molecule has 1 atom stereocenters. The molecule has 4 nitrogen and oxygen atoms in total. The number of carbonyl (C=O) groups is 1. The maximum atomic E-state index is 10.5. The second-order valence-electron chi connectivity index (χ2n) is 3.01. The fourth-order valence-electron chi connectivity index (χ4n) is 0.953. The summed E-state index contributed by atoms with van der Waals surface area (Å²) in [5.41, 5.74) is 1.68. The third-order valence-corrected chi connectivity index (χ3v) is 2.52. The third-order valence-electron chi connectivity index (χ3n) is 1.58. The Hall–Kier alpha value is -1.10. The van der Waals surface area contributed by atoms with Crippen LogP contribution in [0.2, 0.25) is 0 Å². The van der Waals surface area contributed by atoms with E-state index in [0.29, 0.717) is 5.16 Å². The van der Waals surface area contributed by atoms with E-state index >= 15 is 0 Å². The Kier molecular flexibility index (Phi) is 3.46. The molecule has 1 heterocycles. The first-order chi connectivity index (χ1) is 6.49. The van der Waals surface area contributed by atoms with Gasteiger partial charge in [0, 0.05) is 16.6 Å². The molecule has 14 heavy (non-hydrogen) atoms. The minimum absolute atomic E-state index is 0.485. The van der Waals surface area contributed by atoms with E-state index in [1.807, 2.05) is 19.9 Å². The van der Waals surface area contributed by atoms with E-state index in [0.717, 1.165) is 23.1 Å². The predicted molar refractivity (Wildman–Crippen MR) is 51.8 cm³/mol. The smallest absolute Gasteiger partial charge is 0.188 e. The predicted octanol–water partition coefficient (Wildman–Crippen LogP) is 0.324. The molecule has 1 aromatic heterocycles. The maximum absolute atomic E-state index is 10.5. The van der Waals surface area contributed by atoms with Gasteiger partial charge in [0.1, 0.15) is 0 Å². The van der Waals surface area contributed by atoms with Crippen LogP contribution < -0.4 is 5.11 Å². The van der Waals surface area contributed by atoms with Crippen molar-refractivity contribution in [2.45, 2.75) is 31.2 Å². The van der Waals surface area contributed by atoms with Crippen molar-refractivity contribution in [2.75, 3.05) is 0 Å². The zero-order valence-electron chi connectivity index (χ0n) is 8.27. The van der Waals surface area contributed by atoms with Gasteiger partial charge in [0.15, 0.2) is 5.16 Å². The second kappa shape index (κ2) is 4.41. The number of hydrogen-bond acceptors (Lipinski definition) is 5. The van der Waals surface area contributed by atoms with Crippen molar-refractivity contribution in [2.24, 2.45) is 0 Å². The van der Waals surface area contributed by atoms with Crippen molar-refractivity contribution in [3.05, 3.63) is 17.5 Å². The van der Waals surface area contributed by atoms with Gasteiger partial charge < -0.3 is 9.90 Å². The van der Waals surface area contributed by atoms with Crippen LogP contribution in [0.15, 0.2) is 11.2 Å². The van der Waals surface area contributed by atoms with Gasteiger partial charge in [-0.25, -0.2) is 9.97 Å². The summed E-state index contributed by atoms with van der Waals surface area (Å²) in [7, 11) is 0. The Morgan fingerprint density at radius 2 is 1.93 bits per heavy atom. The summed E-state index contributed by atoms with van der Waals surface area (Å²) in [4.78, 5) is 18.7. The highest BCUT2D eigenvalue weighted by Crippen LogP contribution is 2.19. The Morgan fingerprint density at radius 3 is 2.36 bits per heavy atom. The summed E-state index contributed by atoms with van der Waals surface area (Å²) in [6.45, 7) is 5.26. The van der Waals surface area contributed by atoms with Crippen molar-refractivity contribution in [3.63, 3.8) is 0 Å². The quantitative estimate of drug-likeness (QED) is 0.532. The van der Waals surface area contributed by atoms with E-state index < -0.39 is 11.2 Å². The highest BCUT2D eigenvalue weighted by molar-refractivity contribution is 8.00. The van der Waals surface area contributed by atoms with E-state index in [1.54, 1.807) is 6.92 Å². The van der Waals surface area contributed by atoms with E-state index in [9.17, 15) is 9.90 Å². The number of rotatable bonds is 3. The Balaban J connectivity index is 2.81. The van der Waals surface area contributed by atoms with Crippen molar-refractivity contribution in [1.29, 1.82) is 0 Å². The molecule has 1 aromatic rings. The van der Waals surface area contributed by atoms with Crippen molar-refractivity contribution >= 4 is 17.7 Å². The zero-order chi connectivity index (χ0) is 10.7. The second-order valence-corrected chi connectivity index (χ2v) is 4.32. The highest BCUT2D eigenvalue weighted by atomic mass is 32.2. The van der Waals surface area contributed by atoms with Crippen LogP contribution in [0, 0.1) is 13.8 Å². The molecule has 0 saturated heterocycles. The molecule has 0 aliphatic heterocycles. The lowest BCUT2D eigenvalue weighted by Crippen LogP contribution is -2.31. The average molecular weight is 211 g/mol. The Labute approximate surface area is 86.8 Å². The fourth-order valence-corrected chi connectivity index (χ4v) is 1.76. The average Bonchev–Trinajstić information content (AvgIpc) is 2.01. The van der Waals surface area contributed by atoms with Crippen LogP contribution in [0.5, 0.6) is 0 Å². The highest BCUT2D eigenvalue weighted by Gasteiger charge is 2.08.